The molecule has 0 spiro atoms. The van der Waals surface area contributed by atoms with Crippen LogP contribution in [0.3, 0.4) is 0 Å². The number of hydrogen-bond acceptors (Lipinski definition) is 5. The molecule has 0 aromatic heterocycles. The first kappa shape index (κ1) is 14.8. The Kier molecular flexibility index (Phi) is 10.2. The Labute approximate surface area is 91.8 Å². The Morgan fingerprint density at radius 2 is 1.53 bits per heavy atom. The zero-order valence-electron chi connectivity index (χ0n) is 9.70. The molecule has 0 aliphatic carbocycles. The van der Waals surface area contributed by atoms with Gasteiger partial charge in [0.2, 0.25) is 0 Å². The highest BCUT2D eigenvalue weighted by atomic mass is 16.6. The lowest BCUT2D eigenvalue weighted by atomic mass is 10.4. The van der Waals surface area contributed by atoms with Crippen LogP contribution in [-0.2, 0) is 4.74 Å². The van der Waals surface area contributed by atoms with Gasteiger partial charge in [0.05, 0.1) is 25.4 Å². The summed E-state index contributed by atoms with van der Waals surface area (Å²) in [4.78, 5) is 0. The van der Waals surface area contributed by atoms with Crippen LogP contribution in [0.5, 0.6) is 0 Å². The Morgan fingerprint density at radius 1 is 1.27 bits per heavy atom. The van der Waals surface area contributed by atoms with Gasteiger partial charge in [0.1, 0.15) is 0 Å². The predicted molar refractivity (Wildman–Crippen MR) is 59.9 cm³/mol. The Hall–Kier alpha value is -0.200. The SMILES string of the molecule is C1CNCCN1.CC(O)CO.CC1CO1. The van der Waals surface area contributed by atoms with Crippen molar-refractivity contribution < 1.29 is 14.9 Å². The van der Waals surface area contributed by atoms with E-state index in [0.29, 0.717) is 6.10 Å². The van der Waals surface area contributed by atoms with Crippen molar-refractivity contribution in [1.29, 1.82) is 0 Å². The van der Waals surface area contributed by atoms with E-state index in [9.17, 15) is 0 Å². The normalized spacial score (nSPS) is 25.2. The highest BCUT2D eigenvalue weighted by Crippen LogP contribution is 2.04. The summed E-state index contributed by atoms with van der Waals surface area (Å²) < 4.78 is 4.71. The number of aliphatic hydroxyl groups excluding tert-OH is 2. The van der Waals surface area contributed by atoms with Crippen molar-refractivity contribution >= 4 is 0 Å². The van der Waals surface area contributed by atoms with Gasteiger partial charge >= 0.3 is 0 Å². The second kappa shape index (κ2) is 10.3. The molecule has 2 heterocycles. The van der Waals surface area contributed by atoms with E-state index in [2.05, 4.69) is 17.6 Å². The average molecular weight is 220 g/mol. The molecule has 0 saturated carbocycles. The summed E-state index contributed by atoms with van der Waals surface area (Å²) in [5.74, 6) is 0. The predicted octanol–water partition coefficient (Wildman–Crippen LogP) is -1.06. The first-order chi connectivity index (χ1) is 7.16. The highest BCUT2D eigenvalue weighted by Gasteiger charge is 2.13. The third-order valence-corrected chi connectivity index (χ3v) is 1.72. The van der Waals surface area contributed by atoms with E-state index in [1.165, 1.54) is 6.92 Å². The van der Waals surface area contributed by atoms with Gasteiger partial charge in [-0.1, -0.05) is 0 Å². The molecule has 2 saturated heterocycles. The minimum absolute atomic E-state index is 0.139. The van der Waals surface area contributed by atoms with Gasteiger partial charge in [-0.05, 0) is 13.8 Å². The van der Waals surface area contributed by atoms with Crippen LogP contribution in [-0.4, -0.2) is 61.8 Å². The third kappa shape index (κ3) is 16.5. The van der Waals surface area contributed by atoms with Crippen LogP contribution >= 0.6 is 0 Å². The molecule has 2 rings (SSSR count). The summed E-state index contributed by atoms with van der Waals surface area (Å²) in [6.07, 6.45) is 0.0231. The van der Waals surface area contributed by atoms with Crippen LogP contribution < -0.4 is 10.6 Å². The quantitative estimate of drug-likeness (QED) is 0.424. The maximum Gasteiger partial charge on any atom is 0.0781 e. The molecule has 2 unspecified atom stereocenters. The molecule has 5 nitrogen and oxygen atoms in total. The maximum atomic E-state index is 8.11. The molecule has 0 bridgehead atoms. The minimum atomic E-state index is -0.560. The molecular formula is C10H24N2O3. The van der Waals surface area contributed by atoms with Crippen LogP contribution in [0.2, 0.25) is 0 Å². The van der Waals surface area contributed by atoms with Gasteiger partial charge < -0.3 is 25.6 Å². The summed E-state index contributed by atoms with van der Waals surface area (Å²) in [6, 6.07) is 0. The number of piperazine rings is 1. The van der Waals surface area contributed by atoms with Crippen molar-refractivity contribution in [2.45, 2.75) is 26.1 Å². The van der Waals surface area contributed by atoms with Crippen LogP contribution in [0.4, 0.5) is 0 Å². The van der Waals surface area contributed by atoms with E-state index in [-0.39, 0.29) is 6.61 Å². The van der Waals surface area contributed by atoms with E-state index < -0.39 is 6.10 Å². The molecule has 92 valence electrons. The van der Waals surface area contributed by atoms with Gasteiger partial charge in [0, 0.05) is 26.2 Å². The van der Waals surface area contributed by atoms with Crippen molar-refractivity contribution in [1.82, 2.24) is 10.6 Å². The van der Waals surface area contributed by atoms with Crippen molar-refractivity contribution in [3.8, 4) is 0 Å². The van der Waals surface area contributed by atoms with Crippen molar-refractivity contribution in [2.24, 2.45) is 0 Å². The molecule has 5 heteroatoms. The smallest absolute Gasteiger partial charge is 0.0781 e. The summed E-state index contributed by atoms with van der Waals surface area (Å²) in [6.45, 7) is 8.99. The van der Waals surface area contributed by atoms with Crippen LogP contribution in [0.25, 0.3) is 0 Å². The van der Waals surface area contributed by atoms with Gasteiger partial charge in [0.25, 0.3) is 0 Å². The maximum absolute atomic E-state index is 8.11. The summed E-state index contributed by atoms with van der Waals surface area (Å²) in [5, 5.41) is 22.4. The largest absolute Gasteiger partial charge is 0.394 e. The number of aliphatic hydroxyl groups is 2. The Morgan fingerprint density at radius 3 is 1.60 bits per heavy atom. The zero-order valence-corrected chi connectivity index (χ0v) is 9.70. The number of epoxide rings is 1. The second-order valence-electron chi connectivity index (χ2n) is 3.68. The van der Waals surface area contributed by atoms with E-state index in [1.54, 1.807) is 0 Å². The summed E-state index contributed by atoms with van der Waals surface area (Å²) in [5.41, 5.74) is 0. The molecule has 15 heavy (non-hydrogen) atoms. The fourth-order valence-electron chi connectivity index (χ4n) is 0.700. The zero-order chi connectivity index (χ0) is 11.5. The van der Waals surface area contributed by atoms with Crippen molar-refractivity contribution in [3.63, 3.8) is 0 Å². The van der Waals surface area contributed by atoms with Crippen molar-refractivity contribution in [3.05, 3.63) is 0 Å². The summed E-state index contributed by atoms with van der Waals surface area (Å²) in [7, 11) is 0. The Balaban J connectivity index is 0.000000200. The third-order valence-electron chi connectivity index (χ3n) is 1.72. The van der Waals surface area contributed by atoms with Gasteiger partial charge in [-0.15, -0.1) is 0 Å². The first-order valence-corrected chi connectivity index (χ1v) is 5.48. The minimum Gasteiger partial charge on any atom is -0.394 e. The highest BCUT2D eigenvalue weighted by molar-refractivity contribution is 4.59. The van der Waals surface area contributed by atoms with Crippen LogP contribution in [0, 0.1) is 0 Å². The lowest BCUT2D eigenvalue weighted by Gasteiger charge is -2.11. The van der Waals surface area contributed by atoms with E-state index in [0.717, 1.165) is 32.8 Å². The van der Waals surface area contributed by atoms with Crippen LogP contribution in [0.1, 0.15) is 13.8 Å². The average Bonchev–Trinajstić information content (AvgIpc) is 3.05. The topological polar surface area (TPSA) is 77.0 Å². The standard InChI is InChI=1S/C4H10N2.C3H8O2.C3H6O/c1-2-6-4-3-5-1;1-3(5)2-4;1-3-2-4-3/h5-6H,1-4H2;3-5H,2H2,1H3;3H,2H2,1H3. The lowest BCUT2D eigenvalue weighted by Crippen LogP contribution is -2.39. The molecule has 0 amide bonds. The fraction of sp³-hybridized carbons (Fsp3) is 1.00. The van der Waals surface area contributed by atoms with Gasteiger partial charge in [-0.25, -0.2) is 0 Å². The molecule has 0 radical (unpaired) electrons. The monoisotopic (exact) mass is 220 g/mol. The number of hydrogen-bond donors (Lipinski definition) is 4. The van der Waals surface area contributed by atoms with Crippen LogP contribution in [0.15, 0.2) is 0 Å². The van der Waals surface area contributed by atoms with Gasteiger partial charge in [0.15, 0.2) is 0 Å². The van der Waals surface area contributed by atoms with Gasteiger partial charge in [-0.3, -0.25) is 0 Å². The number of rotatable bonds is 1. The molecule has 2 atom stereocenters. The first-order valence-electron chi connectivity index (χ1n) is 5.48. The van der Waals surface area contributed by atoms with Crippen molar-refractivity contribution in [2.75, 3.05) is 39.4 Å². The van der Waals surface area contributed by atoms with E-state index in [4.69, 9.17) is 14.9 Å². The van der Waals surface area contributed by atoms with E-state index >= 15 is 0 Å². The second-order valence-corrected chi connectivity index (χ2v) is 3.68. The molecule has 2 aliphatic rings. The fourth-order valence-corrected chi connectivity index (χ4v) is 0.700. The molecule has 4 N–H and O–H groups in total. The molecule has 0 aromatic carbocycles. The van der Waals surface area contributed by atoms with Gasteiger partial charge in [-0.2, -0.15) is 0 Å². The van der Waals surface area contributed by atoms with E-state index in [1.807, 2.05) is 0 Å². The molecule has 2 aliphatic heterocycles. The molecular weight excluding hydrogens is 196 g/mol. The molecule has 0 aromatic rings. The number of nitrogens with one attached hydrogen (secondary N) is 2. The summed E-state index contributed by atoms with van der Waals surface area (Å²) >= 11 is 0. The lowest BCUT2D eigenvalue weighted by molar-refractivity contribution is 0.110. The Bertz CT molecular complexity index is 114. The molecule has 2 fully saturated rings. The number of ether oxygens (including phenoxy) is 1.